The average molecular weight is 880 g/mol. The molecule has 1 heterocycles. The second kappa shape index (κ2) is 25.8. The Labute approximate surface area is 353 Å². The third-order valence-corrected chi connectivity index (χ3v) is 9.35. The lowest BCUT2D eigenvalue weighted by Gasteiger charge is -2.30. The number of hydrogen-bond acceptors (Lipinski definition) is 14. The Morgan fingerprint density at radius 2 is 1.13 bits per heavy atom. The summed E-state index contributed by atoms with van der Waals surface area (Å²) in [5.41, 5.74) is 11.4. The number of amides is 7. The Morgan fingerprint density at radius 1 is 0.629 bits per heavy atom. The van der Waals surface area contributed by atoms with Crippen molar-refractivity contribution in [1.82, 2.24) is 36.8 Å². The molecular formula is C37H53N9O16. The molecule has 1 aliphatic heterocycles. The fourth-order valence-corrected chi connectivity index (χ4v) is 6.26. The van der Waals surface area contributed by atoms with Gasteiger partial charge in [-0.05, 0) is 44.2 Å². The van der Waals surface area contributed by atoms with Crippen molar-refractivity contribution < 1.29 is 78.3 Å². The molecular weight excluding hydrogens is 826 g/mol. The van der Waals surface area contributed by atoms with E-state index in [1.807, 2.05) is 5.32 Å². The molecule has 1 fully saturated rings. The van der Waals surface area contributed by atoms with Gasteiger partial charge in [-0.2, -0.15) is 0 Å². The number of nitrogens with two attached hydrogens (primary N) is 2. The molecule has 1 aliphatic rings. The number of likely N-dealkylation sites (tertiary alicyclic amines) is 1. The van der Waals surface area contributed by atoms with Crippen LogP contribution in [0.3, 0.4) is 0 Å². The number of aliphatic carboxylic acids is 4. The largest absolute Gasteiger partial charge is 0.481 e. The maximum atomic E-state index is 13.6. The van der Waals surface area contributed by atoms with Gasteiger partial charge in [0.25, 0.3) is 0 Å². The molecule has 25 heteroatoms. The van der Waals surface area contributed by atoms with Crippen molar-refractivity contribution in [3.05, 3.63) is 35.9 Å². The van der Waals surface area contributed by atoms with Gasteiger partial charge in [0.15, 0.2) is 0 Å². The van der Waals surface area contributed by atoms with Crippen molar-refractivity contribution in [2.45, 2.75) is 100 Å². The molecule has 15 N–H and O–H groups in total. The number of nitrogens with one attached hydrogen (secondary N) is 6. The van der Waals surface area contributed by atoms with Crippen molar-refractivity contribution >= 4 is 65.2 Å². The lowest BCUT2D eigenvalue weighted by molar-refractivity contribution is -0.147. The topological polar surface area (TPSA) is 416 Å². The van der Waals surface area contributed by atoms with Crippen molar-refractivity contribution in [3.63, 3.8) is 0 Å². The van der Waals surface area contributed by atoms with Crippen molar-refractivity contribution in [3.8, 4) is 0 Å². The van der Waals surface area contributed by atoms with E-state index in [2.05, 4.69) is 26.6 Å². The number of rotatable bonds is 27. The molecule has 0 unspecified atom stereocenters. The number of unbranched alkanes of at least 4 members (excludes halogenated alkanes) is 1. The molecule has 1 aromatic rings. The van der Waals surface area contributed by atoms with Gasteiger partial charge < -0.3 is 73.8 Å². The van der Waals surface area contributed by atoms with Crippen molar-refractivity contribution in [2.24, 2.45) is 11.5 Å². The van der Waals surface area contributed by atoms with Gasteiger partial charge >= 0.3 is 23.9 Å². The van der Waals surface area contributed by atoms with Gasteiger partial charge in [0.2, 0.25) is 41.4 Å². The van der Waals surface area contributed by atoms with Crippen LogP contribution in [0.4, 0.5) is 0 Å². The minimum atomic E-state index is -1.92. The molecule has 2 rings (SSSR count). The zero-order valence-electron chi connectivity index (χ0n) is 33.4. The molecule has 342 valence electrons. The summed E-state index contributed by atoms with van der Waals surface area (Å²) in [4.78, 5) is 140. The standard InChI is InChI=1S/C37H53N9O16/c38-11-5-4-9-20(31(55)44-24(37(61)62)13-19-7-2-1-3-8-19)41-33(57)22(15-29(51)52)42-34(58)25(18-47)45-35(59)26-10-6-12-46(26)36(60)23(16-30(53)54)43-32(56)21(14-28(49)50)40-27(48)17-39/h1-3,7-8,20-26,47H,4-6,9-18,38-39H2,(H,40,48)(H,41,57)(H,42,58)(H,43,56)(H,44,55)(H,45,59)(H,49,50)(H,51,52)(H,53,54)(H,61,62)/t20-,21-,22-,23-,24-,25-,26-/m0/s1. The fraction of sp³-hybridized carbons (Fsp3) is 0.541. The van der Waals surface area contributed by atoms with Gasteiger partial charge in [0.05, 0.1) is 32.4 Å². The van der Waals surface area contributed by atoms with Crippen LogP contribution in [-0.2, 0) is 59.2 Å². The number of carbonyl (C=O) groups is 11. The SMILES string of the molecule is NCCCC[C@H](NC(=O)[C@H](CC(=O)O)NC(=O)[C@H](CO)NC(=O)[C@@H]1CCCN1C(=O)[C@H](CC(=O)O)NC(=O)[C@H](CC(=O)O)NC(=O)CN)C(=O)N[C@@H](Cc1ccccc1)C(=O)O. The molecule has 0 spiro atoms. The van der Waals surface area contributed by atoms with Crippen molar-refractivity contribution in [1.29, 1.82) is 0 Å². The molecule has 1 aromatic carbocycles. The number of carbonyl (C=O) groups excluding carboxylic acids is 7. The van der Waals surface area contributed by atoms with Crippen LogP contribution in [-0.4, -0.2) is 164 Å². The van der Waals surface area contributed by atoms with E-state index in [1.165, 1.54) is 0 Å². The second-order valence-electron chi connectivity index (χ2n) is 14.1. The van der Waals surface area contributed by atoms with Gasteiger partial charge in [0.1, 0.15) is 42.3 Å². The van der Waals surface area contributed by atoms with Gasteiger partial charge in [-0.15, -0.1) is 0 Å². The Kier molecular flexibility index (Phi) is 21.4. The van der Waals surface area contributed by atoms with Crippen LogP contribution in [0.1, 0.15) is 56.9 Å². The third-order valence-electron chi connectivity index (χ3n) is 9.35. The summed E-state index contributed by atoms with van der Waals surface area (Å²) in [5.74, 6) is -13.9. The first-order valence-electron chi connectivity index (χ1n) is 19.4. The molecule has 7 amide bonds. The van der Waals surface area contributed by atoms with E-state index in [-0.39, 0.29) is 45.2 Å². The summed E-state index contributed by atoms with van der Waals surface area (Å²) < 4.78 is 0. The van der Waals surface area contributed by atoms with E-state index in [4.69, 9.17) is 11.5 Å². The Balaban J connectivity index is 2.24. The van der Waals surface area contributed by atoms with Crippen LogP contribution < -0.4 is 43.4 Å². The van der Waals surface area contributed by atoms with E-state index in [0.29, 0.717) is 12.0 Å². The van der Waals surface area contributed by atoms with Crippen LogP contribution in [0.25, 0.3) is 0 Å². The van der Waals surface area contributed by atoms with Crippen LogP contribution >= 0.6 is 0 Å². The predicted octanol–water partition coefficient (Wildman–Crippen LogP) is -5.28. The number of carboxylic acid groups (broad SMARTS) is 4. The zero-order valence-corrected chi connectivity index (χ0v) is 33.4. The highest BCUT2D eigenvalue weighted by molar-refractivity contribution is 5.99. The van der Waals surface area contributed by atoms with E-state index < -0.39 is 140 Å². The molecule has 0 aliphatic carbocycles. The number of carboxylic acids is 4. The van der Waals surface area contributed by atoms with E-state index >= 15 is 0 Å². The van der Waals surface area contributed by atoms with Gasteiger partial charge in [-0.1, -0.05) is 30.3 Å². The minimum Gasteiger partial charge on any atom is -0.481 e. The van der Waals surface area contributed by atoms with Crippen LogP contribution in [0.15, 0.2) is 30.3 Å². The number of benzene rings is 1. The average Bonchev–Trinajstić information content (AvgIpc) is 3.71. The Bertz CT molecular complexity index is 1800. The summed E-state index contributed by atoms with van der Waals surface area (Å²) in [6.07, 6.45) is -2.51. The third kappa shape index (κ3) is 17.1. The normalized spacial score (nSPS) is 16.2. The number of hydrogen-bond donors (Lipinski definition) is 13. The van der Waals surface area contributed by atoms with Crippen LogP contribution in [0, 0.1) is 0 Å². The number of aliphatic hydroxyl groups is 1. The quantitative estimate of drug-likeness (QED) is 0.0367. The zero-order chi connectivity index (χ0) is 46.5. The molecule has 1 saturated heterocycles. The first-order chi connectivity index (χ1) is 29.3. The first kappa shape index (κ1) is 51.4. The van der Waals surface area contributed by atoms with E-state index in [1.54, 1.807) is 30.3 Å². The highest BCUT2D eigenvalue weighted by Gasteiger charge is 2.41. The lowest BCUT2D eigenvalue weighted by atomic mass is 10.0. The first-order valence-corrected chi connectivity index (χ1v) is 19.4. The lowest BCUT2D eigenvalue weighted by Crippen LogP contribution is -2.60. The van der Waals surface area contributed by atoms with Gasteiger partial charge in [0, 0.05) is 13.0 Å². The smallest absolute Gasteiger partial charge is 0.326 e. The highest BCUT2D eigenvalue weighted by atomic mass is 16.4. The predicted molar refractivity (Wildman–Crippen MR) is 210 cm³/mol. The van der Waals surface area contributed by atoms with Crippen LogP contribution in [0.5, 0.6) is 0 Å². The summed E-state index contributed by atoms with van der Waals surface area (Å²) in [7, 11) is 0. The van der Waals surface area contributed by atoms with Crippen molar-refractivity contribution in [2.75, 3.05) is 26.2 Å². The molecule has 25 nitrogen and oxygen atoms in total. The number of nitrogens with zero attached hydrogens (tertiary/aromatic N) is 1. The molecule has 7 atom stereocenters. The summed E-state index contributed by atoms with van der Waals surface area (Å²) >= 11 is 0. The fourth-order valence-electron chi connectivity index (χ4n) is 6.26. The van der Waals surface area contributed by atoms with E-state index in [0.717, 1.165) is 4.90 Å². The minimum absolute atomic E-state index is 0.0645. The molecule has 0 bridgehead atoms. The molecule has 0 aromatic heterocycles. The maximum absolute atomic E-state index is 13.6. The second-order valence-corrected chi connectivity index (χ2v) is 14.1. The Morgan fingerprint density at radius 3 is 1.66 bits per heavy atom. The molecule has 0 saturated carbocycles. The number of aliphatic hydroxyl groups excluding tert-OH is 1. The summed E-state index contributed by atoms with van der Waals surface area (Å²) in [6.45, 7) is -1.72. The highest BCUT2D eigenvalue weighted by Crippen LogP contribution is 2.20. The van der Waals surface area contributed by atoms with Gasteiger partial charge in [-0.3, -0.25) is 47.9 Å². The van der Waals surface area contributed by atoms with Crippen LogP contribution in [0.2, 0.25) is 0 Å². The summed E-state index contributed by atoms with van der Waals surface area (Å²) in [6, 6.07) is -3.39. The molecule has 0 radical (unpaired) electrons. The van der Waals surface area contributed by atoms with Gasteiger partial charge in [-0.25, -0.2) is 4.79 Å². The monoisotopic (exact) mass is 879 g/mol. The summed E-state index contributed by atoms with van der Waals surface area (Å²) in [5, 5.41) is 61.2. The maximum Gasteiger partial charge on any atom is 0.326 e. The Hall–Kier alpha value is -6.73. The molecule has 62 heavy (non-hydrogen) atoms. The van der Waals surface area contributed by atoms with E-state index in [9.17, 15) is 78.3 Å².